The molecule has 0 saturated carbocycles. The average molecular weight is 480 g/mol. The second kappa shape index (κ2) is 7.77. The van der Waals surface area contributed by atoms with E-state index < -0.39 is 17.6 Å². The molecule has 5 heterocycles. The van der Waals surface area contributed by atoms with Crippen molar-refractivity contribution in [2.45, 2.75) is 6.18 Å². The molecule has 1 N–H and O–H groups in total. The monoisotopic (exact) mass is 480 g/mol. The van der Waals surface area contributed by atoms with Crippen LogP contribution in [0.3, 0.4) is 0 Å². The normalized spacial score (nSPS) is 16.7. The van der Waals surface area contributed by atoms with Crippen LogP contribution >= 0.6 is 0 Å². The van der Waals surface area contributed by atoms with Gasteiger partial charge in [0.2, 0.25) is 0 Å². The number of carbonyl (C=O) groups is 1. The number of hydrogen-bond acceptors (Lipinski definition) is 6. The first-order valence-electron chi connectivity index (χ1n) is 10.9. The van der Waals surface area contributed by atoms with Gasteiger partial charge in [-0.2, -0.15) is 18.3 Å². The number of anilines is 2. The number of aromatic nitrogens is 4. The van der Waals surface area contributed by atoms with Gasteiger partial charge in [0, 0.05) is 18.7 Å². The molecule has 0 radical (unpaired) electrons. The molecule has 2 aliphatic heterocycles. The Morgan fingerprint density at radius 3 is 2.57 bits per heavy atom. The van der Waals surface area contributed by atoms with Crippen molar-refractivity contribution in [3.05, 3.63) is 72.1 Å². The van der Waals surface area contributed by atoms with E-state index in [1.165, 1.54) is 41.0 Å². The Kier molecular flexibility index (Phi) is 4.78. The third kappa shape index (κ3) is 3.77. The Hall–Kier alpha value is -3.99. The van der Waals surface area contributed by atoms with E-state index in [1.54, 1.807) is 12.1 Å². The molecule has 3 aromatic heterocycles. The number of ether oxygens (including phenoxy) is 1. The van der Waals surface area contributed by atoms with Crippen LogP contribution in [0.1, 0.15) is 16.1 Å². The van der Waals surface area contributed by atoms with Crippen LogP contribution in [-0.2, 0) is 10.9 Å². The summed E-state index contributed by atoms with van der Waals surface area (Å²) in [7, 11) is 0. The van der Waals surface area contributed by atoms with Crippen molar-refractivity contribution in [1.29, 1.82) is 0 Å². The van der Waals surface area contributed by atoms with Gasteiger partial charge in [-0.05, 0) is 30.3 Å². The van der Waals surface area contributed by atoms with Crippen molar-refractivity contribution in [1.82, 2.24) is 19.6 Å². The lowest BCUT2D eigenvalue weighted by Crippen LogP contribution is -2.66. The molecule has 11 heteroatoms. The predicted molar refractivity (Wildman–Crippen MR) is 121 cm³/mol. The summed E-state index contributed by atoms with van der Waals surface area (Å²) in [5.74, 6) is 0.581. The number of amides is 1. The molecule has 35 heavy (non-hydrogen) atoms. The van der Waals surface area contributed by atoms with E-state index in [0.717, 1.165) is 38.2 Å². The Balaban J connectivity index is 1.27. The van der Waals surface area contributed by atoms with Crippen molar-refractivity contribution < 1.29 is 22.7 Å². The number of nitrogens with zero attached hydrogens (tertiary/aromatic N) is 5. The van der Waals surface area contributed by atoms with Crippen molar-refractivity contribution in [2.24, 2.45) is 5.41 Å². The number of alkyl halides is 3. The summed E-state index contributed by atoms with van der Waals surface area (Å²) < 4.78 is 47.0. The molecule has 2 fully saturated rings. The SMILES string of the molecule is O=C(Nc1cccc(N2CC3(COC3)C2)n1)c1cnc2ccc(-c3ccccc3C(F)(F)F)nn12. The summed E-state index contributed by atoms with van der Waals surface area (Å²) in [4.78, 5) is 23.8. The number of hydrogen-bond donors (Lipinski definition) is 1. The smallest absolute Gasteiger partial charge is 0.380 e. The quantitative estimate of drug-likeness (QED) is 0.477. The maximum atomic E-state index is 13.5. The molecule has 0 atom stereocenters. The Morgan fingerprint density at radius 1 is 1.03 bits per heavy atom. The zero-order valence-corrected chi connectivity index (χ0v) is 18.3. The minimum absolute atomic E-state index is 0.0734. The molecule has 0 bridgehead atoms. The van der Waals surface area contributed by atoms with E-state index in [2.05, 4.69) is 25.3 Å². The summed E-state index contributed by atoms with van der Waals surface area (Å²) in [6.07, 6.45) is -3.21. The van der Waals surface area contributed by atoms with Gasteiger partial charge in [-0.25, -0.2) is 14.5 Å². The van der Waals surface area contributed by atoms with Gasteiger partial charge in [-0.1, -0.05) is 24.3 Å². The second-order valence-corrected chi connectivity index (χ2v) is 8.86. The van der Waals surface area contributed by atoms with Gasteiger partial charge in [-0.3, -0.25) is 4.79 Å². The molecular weight excluding hydrogens is 461 g/mol. The molecule has 2 saturated heterocycles. The minimum Gasteiger partial charge on any atom is -0.380 e. The zero-order chi connectivity index (χ0) is 24.2. The maximum Gasteiger partial charge on any atom is 0.417 e. The van der Waals surface area contributed by atoms with Crippen LogP contribution in [0.5, 0.6) is 0 Å². The lowest BCUT2D eigenvalue weighted by molar-refractivity contribution is -0.137. The number of imidazole rings is 1. The lowest BCUT2D eigenvalue weighted by atomic mass is 9.78. The topological polar surface area (TPSA) is 84.7 Å². The van der Waals surface area contributed by atoms with Gasteiger partial charge in [0.25, 0.3) is 5.91 Å². The number of benzene rings is 1. The highest BCUT2D eigenvalue weighted by molar-refractivity contribution is 6.03. The van der Waals surface area contributed by atoms with Crippen LogP contribution in [0.2, 0.25) is 0 Å². The molecule has 1 aromatic carbocycles. The lowest BCUT2D eigenvalue weighted by Gasteiger charge is -2.55. The number of rotatable bonds is 4. The number of fused-ring (bicyclic) bond motifs is 1. The van der Waals surface area contributed by atoms with Crippen LogP contribution in [0.25, 0.3) is 16.9 Å². The van der Waals surface area contributed by atoms with Gasteiger partial charge in [-0.15, -0.1) is 0 Å². The fraction of sp³-hybridized carbons (Fsp3) is 0.250. The number of carbonyl (C=O) groups excluding carboxylic acids is 1. The molecule has 178 valence electrons. The molecule has 4 aromatic rings. The van der Waals surface area contributed by atoms with Crippen LogP contribution in [-0.4, -0.2) is 51.8 Å². The molecule has 0 unspecified atom stereocenters. The van der Waals surface area contributed by atoms with Gasteiger partial charge < -0.3 is 15.0 Å². The molecule has 1 amide bonds. The van der Waals surface area contributed by atoms with Crippen LogP contribution in [0, 0.1) is 5.41 Å². The third-order valence-electron chi connectivity index (χ3n) is 6.27. The summed E-state index contributed by atoms with van der Waals surface area (Å²) >= 11 is 0. The maximum absolute atomic E-state index is 13.5. The van der Waals surface area contributed by atoms with E-state index in [9.17, 15) is 18.0 Å². The number of pyridine rings is 1. The molecule has 1 spiro atoms. The third-order valence-corrected chi connectivity index (χ3v) is 6.27. The summed E-state index contributed by atoms with van der Waals surface area (Å²) in [6, 6.07) is 13.5. The Bertz CT molecular complexity index is 1440. The molecule has 2 aliphatic rings. The first-order chi connectivity index (χ1) is 16.8. The van der Waals surface area contributed by atoms with E-state index in [0.29, 0.717) is 11.5 Å². The van der Waals surface area contributed by atoms with Crippen molar-refractivity contribution in [3.63, 3.8) is 0 Å². The van der Waals surface area contributed by atoms with Crippen molar-refractivity contribution in [2.75, 3.05) is 36.5 Å². The van der Waals surface area contributed by atoms with E-state index in [-0.39, 0.29) is 22.4 Å². The predicted octanol–water partition coefficient (Wildman–Crippen LogP) is 3.90. The molecule has 6 rings (SSSR count). The van der Waals surface area contributed by atoms with Crippen LogP contribution in [0.15, 0.2) is 60.8 Å². The van der Waals surface area contributed by atoms with Crippen LogP contribution in [0.4, 0.5) is 24.8 Å². The zero-order valence-electron chi connectivity index (χ0n) is 18.3. The first kappa shape index (κ1) is 21.5. The van der Waals surface area contributed by atoms with Gasteiger partial charge in [0.05, 0.1) is 36.1 Å². The highest BCUT2D eigenvalue weighted by atomic mass is 19.4. The van der Waals surface area contributed by atoms with Crippen LogP contribution < -0.4 is 10.2 Å². The van der Waals surface area contributed by atoms with Gasteiger partial charge in [0.1, 0.15) is 11.6 Å². The Labute approximate surface area is 197 Å². The number of nitrogens with one attached hydrogen (secondary N) is 1. The second-order valence-electron chi connectivity index (χ2n) is 8.86. The van der Waals surface area contributed by atoms with E-state index >= 15 is 0 Å². The van der Waals surface area contributed by atoms with Crippen molar-refractivity contribution in [3.8, 4) is 11.3 Å². The standard InChI is InChI=1S/C24H19F3N6O2/c25-24(26,27)16-5-2-1-4-15(16)17-8-9-20-28-10-18(33(20)31-17)22(34)30-19-6-3-7-21(29-19)32-11-23(12-32)13-35-14-23/h1-10H,11-14H2,(H,29,30,34). The van der Waals surface area contributed by atoms with Gasteiger partial charge in [0.15, 0.2) is 11.3 Å². The highest BCUT2D eigenvalue weighted by Gasteiger charge is 2.49. The fourth-order valence-electron chi connectivity index (χ4n) is 4.47. The highest BCUT2D eigenvalue weighted by Crippen LogP contribution is 2.40. The fourth-order valence-corrected chi connectivity index (χ4v) is 4.47. The molecule has 0 aliphatic carbocycles. The van der Waals surface area contributed by atoms with E-state index in [4.69, 9.17) is 4.74 Å². The largest absolute Gasteiger partial charge is 0.417 e. The number of halogens is 3. The van der Waals surface area contributed by atoms with Crippen molar-refractivity contribution >= 4 is 23.2 Å². The minimum atomic E-state index is -4.54. The van der Waals surface area contributed by atoms with E-state index in [1.807, 2.05) is 6.07 Å². The summed E-state index contributed by atoms with van der Waals surface area (Å²) in [6.45, 7) is 3.24. The molecular formula is C24H19F3N6O2. The summed E-state index contributed by atoms with van der Waals surface area (Å²) in [5, 5.41) is 7.04. The Morgan fingerprint density at radius 2 is 1.83 bits per heavy atom. The first-order valence-corrected chi connectivity index (χ1v) is 10.9. The van der Waals surface area contributed by atoms with Gasteiger partial charge >= 0.3 is 6.18 Å². The molecule has 8 nitrogen and oxygen atoms in total. The average Bonchev–Trinajstić information content (AvgIpc) is 3.20. The summed E-state index contributed by atoms with van der Waals surface area (Å²) in [5.41, 5.74) is -0.178.